The molecule has 0 aliphatic carbocycles. The van der Waals surface area contributed by atoms with Gasteiger partial charge in [0.25, 0.3) is 5.89 Å². The van der Waals surface area contributed by atoms with E-state index in [0.29, 0.717) is 30.7 Å². The quantitative estimate of drug-likeness (QED) is 0.876. The first-order valence-corrected chi connectivity index (χ1v) is 6.03. The zero-order valence-electron chi connectivity index (χ0n) is 10.5. The molecule has 1 saturated heterocycles. The van der Waals surface area contributed by atoms with E-state index in [1.807, 2.05) is 6.07 Å². The molecule has 3 heterocycles. The van der Waals surface area contributed by atoms with Crippen molar-refractivity contribution in [3.63, 3.8) is 0 Å². The average molecular weight is 262 g/mol. The summed E-state index contributed by atoms with van der Waals surface area (Å²) in [6, 6.07) is 3.59. The fraction of sp³-hybridized carbons (Fsp3) is 0.417. The first-order valence-electron chi connectivity index (χ1n) is 6.03. The minimum atomic E-state index is -0.179. The second-order valence-electron chi connectivity index (χ2n) is 4.11. The number of rotatable bonds is 3. The lowest BCUT2D eigenvalue weighted by molar-refractivity contribution is 0.00755. The molecular weight excluding hydrogens is 248 g/mol. The molecule has 7 nitrogen and oxygen atoms in total. The molecule has 0 unspecified atom stereocenters. The largest absolute Gasteiger partial charge is 0.481 e. The standard InChI is InChI=1S/C12H14N4O3/c1-17-10-3-2-8(6-14-10)11-15-12(19-16-11)9-7-13-4-5-18-9/h2-3,6,9,13H,4-5,7H2,1H3/t9-/m1/s1. The van der Waals surface area contributed by atoms with E-state index < -0.39 is 0 Å². The summed E-state index contributed by atoms with van der Waals surface area (Å²) in [5.74, 6) is 1.53. The third kappa shape index (κ3) is 2.56. The van der Waals surface area contributed by atoms with Crippen LogP contribution in [0.3, 0.4) is 0 Å². The minimum absolute atomic E-state index is 0.179. The second kappa shape index (κ2) is 5.33. The average Bonchev–Trinajstić information content (AvgIpc) is 2.98. The summed E-state index contributed by atoms with van der Waals surface area (Å²) >= 11 is 0. The molecule has 1 atom stereocenters. The van der Waals surface area contributed by atoms with Gasteiger partial charge in [0.2, 0.25) is 11.7 Å². The first-order chi connectivity index (χ1) is 9.36. The molecule has 0 bridgehead atoms. The van der Waals surface area contributed by atoms with Crippen molar-refractivity contribution in [2.24, 2.45) is 0 Å². The number of hydrogen-bond donors (Lipinski definition) is 1. The summed E-state index contributed by atoms with van der Waals surface area (Å²) in [7, 11) is 1.57. The van der Waals surface area contributed by atoms with Gasteiger partial charge in [0.1, 0.15) is 6.10 Å². The van der Waals surface area contributed by atoms with Gasteiger partial charge in [0.15, 0.2) is 0 Å². The molecular formula is C12H14N4O3. The van der Waals surface area contributed by atoms with Crippen molar-refractivity contribution < 1.29 is 14.0 Å². The highest BCUT2D eigenvalue weighted by molar-refractivity contribution is 5.53. The summed E-state index contributed by atoms with van der Waals surface area (Å²) in [6.45, 7) is 2.18. The van der Waals surface area contributed by atoms with E-state index in [-0.39, 0.29) is 6.10 Å². The van der Waals surface area contributed by atoms with Crippen molar-refractivity contribution >= 4 is 0 Å². The Hall–Kier alpha value is -1.99. The normalized spacial score (nSPS) is 19.3. The number of ether oxygens (including phenoxy) is 2. The maximum atomic E-state index is 5.56. The molecule has 2 aromatic heterocycles. The number of morpholine rings is 1. The van der Waals surface area contributed by atoms with Crippen LogP contribution in [0, 0.1) is 0 Å². The van der Waals surface area contributed by atoms with Gasteiger partial charge >= 0.3 is 0 Å². The molecule has 1 aliphatic rings. The molecule has 19 heavy (non-hydrogen) atoms. The van der Waals surface area contributed by atoms with Crippen LogP contribution in [-0.4, -0.2) is 41.9 Å². The predicted octanol–water partition coefficient (Wildman–Crippen LogP) is 0.801. The summed E-state index contributed by atoms with van der Waals surface area (Å²) in [5, 5.41) is 7.16. The summed E-state index contributed by atoms with van der Waals surface area (Å²) in [4.78, 5) is 8.44. The maximum absolute atomic E-state index is 5.56. The fourth-order valence-corrected chi connectivity index (χ4v) is 1.84. The van der Waals surface area contributed by atoms with E-state index in [1.54, 1.807) is 19.4 Å². The highest BCUT2D eigenvalue weighted by atomic mass is 16.5. The SMILES string of the molecule is COc1ccc(-c2noc([C@H]3CNCCO3)n2)cn1. The van der Waals surface area contributed by atoms with Gasteiger partial charge in [-0.1, -0.05) is 5.16 Å². The summed E-state index contributed by atoms with van der Waals surface area (Å²) in [5.41, 5.74) is 0.777. The molecule has 1 fully saturated rings. The molecule has 2 aromatic rings. The molecule has 0 saturated carbocycles. The Morgan fingerprint density at radius 3 is 3.05 bits per heavy atom. The molecule has 1 aliphatic heterocycles. The Bertz CT molecular complexity index is 534. The second-order valence-corrected chi connectivity index (χ2v) is 4.11. The van der Waals surface area contributed by atoms with E-state index in [4.69, 9.17) is 14.0 Å². The van der Waals surface area contributed by atoms with Crippen molar-refractivity contribution in [2.45, 2.75) is 6.10 Å². The fourth-order valence-electron chi connectivity index (χ4n) is 1.84. The third-order valence-electron chi connectivity index (χ3n) is 2.85. The van der Waals surface area contributed by atoms with E-state index in [9.17, 15) is 0 Å². The lowest BCUT2D eigenvalue weighted by Gasteiger charge is -2.19. The highest BCUT2D eigenvalue weighted by Gasteiger charge is 2.22. The van der Waals surface area contributed by atoms with Crippen LogP contribution in [0.2, 0.25) is 0 Å². The molecule has 100 valence electrons. The lowest BCUT2D eigenvalue weighted by Crippen LogP contribution is -2.33. The summed E-state index contributed by atoms with van der Waals surface area (Å²) in [6.07, 6.45) is 1.47. The van der Waals surface area contributed by atoms with Gasteiger partial charge in [-0.3, -0.25) is 0 Å². The molecule has 0 radical (unpaired) electrons. The minimum Gasteiger partial charge on any atom is -0.481 e. The number of nitrogens with one attached hydrogen (secondary N) is 1. The van der Waals surface area contributed by atoms with Crippen LogP contribution >= 0.6 is 0 Å². The molecule has 7 heteroatoms. The Morgan fingerprint density at radius 2 is 2.37 bits per heavy atom. The van der Waals surface area contributed by atoms with E-state index in [1.165, 1.54) is 0 Å². The molecule has 1 N–H and O–H groups in total. The Morgan fingerprint density at radius 1 is 1.42 bits per heavy atom. The topological polar surface area (TPSA) is 82.3 Å². The Labute approximate surface area is 109 Å². The van der Waals surface area contributed by atoms with Gasteiger partial charge in [0.05, 0.1) is 13.7 Å². The van der Waals surface area contributed by atoms with Crippen LogP contribution in [0.1, 0.15) is 12.0 Å². The van der Waals surface area contributed by atoms with E-state index >= 15 is 0 Å². The van der Waals surface area contributed by atoms with Gasteiger partial charge in [-0.05, 0) is 6.07 Å². The maximum Gasteiger partial charge on any atom is 0.257 e. The van der Waals surface area contributed by atoms with Gasteiger partial charge in [-0.15, -0.1) is 0 Å². The van der Waals surface area contributed by atoms with Crippen LogP contribution < -0.4 is 10.1 Å². The van der Waals surface area contributed by atoms with E-state index in [0.717, 1.165) is 12.1 Å². The lowest BCUT2D eigenvalue weighted by atomic mass is 10.2. The Balaban J connectivity index is 1.79. The van der Waals surface area contributed by atoms with Gasteiger partial charge < -0.3 is 19.3 Å². The predicted molar refractivity (Wildman–Crippen MR) is 65.6 cm³/mol. The van der Waals surface area contributed by atoms with Crippen molar-refractivity contribution in [1.82, 2.24) is 20.4 Å². The van der Waals surface area contributed by atoms with Crippen molar-refractivity contribution in [3.8, 4) is 17.3 Å². The van der Waals surface area contributed by atoms with Crippen LogP contribution in [0.25, 0.3) is 11.4 Å². The van der Waals surface area contributed by atoms with Crippen LogP contribution in [0.5, 0.6) is 5.88 Å². The van der Waals surface area contributed by atoms with Crippen molar-refractivity contribution in [3.05, 3.63) is 24.2 Å². The van der Waals surface area contributed by atoms with Crippen molar-refractivity contribution in [2.75, 3.05) is 26.8 Å². The zero-order chi connectivity index (χ0) is 13.1. The van der Waals surface area contributed by atoms with Gasteiger partial charge in [-0.25, -0.2) is 4.98 Å². The molecule has 0 aromatic carbocycles. The first kappa shape index (κ1) is 12.1. The Kier molecular flexibility index (Phi) is 3.39. The van der Waals surface area contributed by atoms with Crippen LogP contribution in [0.4, 0.5) is 0 Å². The zero-order valence-corrected chi connectivity index (χ0v) is 10.5. The van der Waals surface area contributed by atoms with Crippen molar-refractivity contribution in [1.29, 1.82) is 0 Å². The summed E-state index contributed by atoms with van der Waals surface area (Å²) < 4.78 is 15.8. The smallest absolute Gasteiger partial charge is 0.257 e. The molecule has 0 amide bonds. The monoisotopic (exact) mass is 262 g/mol. The molecule has 3 rings (SSSR count). The number of pyridine rings is 1. The molecule has 0 spiro atoms. The van der Waals surface area contributed by atoms with Crippen LogP contribution in [0.15, 0.2) is 22.9 Å². The number of methoxy groups -OCH3 is 1. The number of nitrogens with zero attached hydrogens (tertiary/aromatic N) is 3. The third-order valence-corrected chi connectivity index (χ3v) is 2.85. The van der Waals surface area contributed by atoms with Gasteiger partial charge in [0, 0.05) is 30.9 Å². The van der Waals surface area contributed by atoms with E-state index in [2.05, 4.69) is 20.4 Å². The van der Waals surface area contributed by atoms with Crippen LogP contribution in [-0.2, 0) is 4.74 Å². The number of aromatic nitrogens is 3. The van der Waals surface area contributed by atoms with Gasteiger partial charge in [-0.2, -0.15) is 4.98 Å². The number of hydrogen-bond acceptors (Lipinski definition) is 7. The highest BCUT2D eigenvalue weighted by Crippen LogP contribution is 2.21.